The van der Waals surface area contributed by atoms with Gasteiger partial charge in [-0.25, -0.2) is 0 Å². The van der Waals surface area contributed by atoms with Crippen LogP contribution in [0.5, 0.6) is 0 Å². The highest BCUT2D eigenvalue weighted by Gasteiger charge is 2.18. The van der Waals surface area contributed by atoms with Crippen LogP contribution in [0.4, 0.5) is 5.69 Å². The number of nitrogens with zero attached hydrogens (tertiary/aromatic N) is 1. The fourth-order valence-electron chi connectivity index (χ4n) is 2.79. The average molecular weight is 306 g/mol. The number of benzene rings is 2. The first-order valence-electron chi connectivity index (χ1n) is 7.50. The van der Waals surface area contributed by atoms with E-state index in [2.05, 4.69) is 5.32 Å². The molecule has 1 aromatic heterocycles. The van der Waals surface area contributed by atoms with Gasteiger partial charge in [-0.3, -0.25) is 9.59 Å². The summed E-state index contributed by atoms with van der Waals surface area (Å²) in [5, 5.41) is 4.16. The maximum Gasteiger partial charge on any atom is 0.263 e. The van der Waals surface area contributed by atoms with Crippen LogP contribution in [0.1, 0.15) is 22.8 Å². The lowest BCUT2D eigenvalue weighted by atomic mass is 10.1. The third-order valence-corrected chi connectivity index (χ3v) is 3.97. The number of fused-ring (bicyclic) bond motifs is 1. The summed E-state index contributed by atoms with van der Waals surface area (Å²) in [7, 11) is 1.69. The molecule has 0 radical (unpaired) electrons. The standard InChI is InChI=1S/C19H18N2O2/c1-13(22)17-18(20-12-14-8-4-3-5-9-14)15-10-6-7-11-16(15)21(2)19(17)23/h3-11,20H,12H2,1-2H3. The number of pyridine rings is 1. The highest BCUT2D eigenvalue weighted by Crippen LogP contribution is 2.25. The van der Waals surface area contributed by atoms with Crippen molar-refractivity contribution in [1.82, 2.24) is 4.57 Å². The van der Waals surface area contributed by atoms with E-state index in [0.29, 0.717) is 12.2 Å². The summed E-state index contributed by atoms with van der Waals surface area (Å²) in [6.45, 7) is 1.98. The topological polar surface area (TPSA) is 51.1 Å². The van der Waals surface area contributed by atoms with Crippen LogP contribution in [0.2, 0.25) is 0 Å². The number of nitrogens with one attached hydrogen (secondary N) is 1. The first-order valence-corrected chi connectivity index (χ1v) is 7.50. The molecule has 1 heterocycles. The Kier molecular flexibility index (Phi) is 3.98. The van der Waals surface area contributed by atoms with Gasteiger partial charge in [-0.05, 0) is 18.6 Å². The minimum absolute atomic E-state index is 0.210. The number of para-hydroxylation sites is 1. The van der Waals surface area contributed by atoms with Gasteiger partial charge in [0.15, 0.2) is 5.78 Å². The second-order valence-corrected chi connectivity index (χ2v) is 5.53. The number of anilines is 1. The second kappa shape index (κ2) is 6.08. The number of aryl methyl sites for hydroxylation is 1. The molecule has 0 unspecified atom stereocenters. The van der Waals surface area contributed by atoms with Crippen molar-refractivity contribution >= 4 is 22.4 Å². The molecule has 4 nitrogen and oxygen atoms in total. The Labute approximate surface area is 134 Å². The third kappa shape index (κ3) is 2.75. The predicted molar refractivity (Wildman–Crippen MR) is 93.0 cm³/mol. The van der Waals surface area contributed by atoms with E-state index in [1.165, 1.54) is 11.5 Å². The molecule has 1 N–H and O–H groups in total. The number of Topliss-reactive ketones (excluding diaryl/α,β-unsaturated/α-hetero) is 1. The maximum atomic E-state index is 12.6. The molecule has 3 aromatic rings. The van der Waals surface area contributed by atoms with Gasteiger partial charge in [0.1, 0.15) is 5.56 Å². The SMILES string of the molecule is CC(=O)c1c(NCc2ccccc2)c2ccccc2n(C)c1=O. The quantitative estimate of drug-likeness (QED) is 0.752. The van der Waals surface area contributed by atoms with Gasteiger partial charge in [0.2, 0.25) is 0 Å². The van der Waals surface area contributed by atoms with Crippen molar-refractivity contribution in [2.75, 3.05) is 5.32 Å². The van der Waals surface area contributed by atoms with E-state index in [-0.39, 0.29) is 16.9 Å². The Morgan fingerprint density at radius 3 is 2.39 bits per heavy atom. The lowest BCUT2D eigenvalue weighted by molar-refractivity contribution is 0.101. The predicted octanol–water partition coefficient (Wildman–Crippen LogP) is 3.35. The Morgan fingerprint density at radius 2 is 1.70 bits per heavy atom. The zero-order chi connectivity index (χ0) is 16.4. The smallest absolute Gasteiger partial charge is 0.263 e. The van der Waals surface area contributed by atoms with Crippen LogP contribution in [-0.4, -0.2) is 10.4 Å². The summed E-state index contributed by atoms with van der Waals surface area (Å²) in [6, 6.07) is 17.5. The van der Waals surface area contributed by atoms with Gasteiger partial charge in [0, 0.05) is 19.0 Å². The van der Waals surface area contributed by atoms with Crippen LogP contribution in [-0.2, 0) is 13.6 Å². The number of hydrogen-bond acceptors (Lipinski definition) is 3. The van der Waals surface area contributed by atoms with E-state index in [9.17, 15) is 9.59 Å². The lowest BCUT2D eigenvalue weighted by Crippen LogP contribution is -2.26. The minimum Gasteiger partial charge on any atom is -0.380 e. The Bertz CT molecular complexity index is 927. The number of carbonyl (C=O) groups is 1. The van der Waals surface area contributed by atoms with Crippen LogP contribution in [0, 0.1) is 0 Å². The van der Waals surface area contributed by atoms with Crippen LogP contribution >= 0.6 is 0 Å². The Morgan fingerprint density at radius 1 is 1.04 bits per heavy atom. The number of carbonyl (C=O) groups excluding carboxylic acids is 1. The number of ketones is 1. The summed E-state index contributed by atoms with van der Waals surface area (Å²) in [5.74, 6) is -0.230. The first kappa shape index (κ1) is 15.0. The highest BCUT2D eigenvalue weighted by molar-refractivity contribution is 6.07. The van der Waals surface area contributed by atoms with Crippen LogP contribution in [0.25, 0.3) is 10.9 Å². The molecular weight excluding hydrogens is 288 g/mol. The number of aromatic nitrogens is 1. The molecule has 116 valence electrons. The molecule has 0 aliphatic carbocycles. The molecule has 0 aliphatic heterocycles. The molecule has 4 heteroatoms. The van der Waals surface area contributed by atoms with Crippen LogP contribution < -0.4 is 10.9 Å². The van der Waals surface area contributed by atoms with Crippen molar-refractivity contribution in [3.63, 3.8) is 0 Å². The van der Waals surface area contributed by atoms with E-state index in [0.717, 1.165) is 16.5 Å². The molecule has 0 aliphatic rings. The van der Waals surface area contributed by atoms with Crippen molar-refractivity contribution in [3.8, 4) is 0 Å². The Hall–Kier alpha value is -2.88. The summed E-state index contributed by atoms with van der Waals surface area (Å²) < 4.78 is 1.53. The van der Waals surface area contributed by atoms with E-state index >= 15 is 0 Å². The maximum absolute atomic E-state index is 12.6. The second-order valence-electron chi connectivity index (χ2n) is 5.53. The molecule has 0 fully saturated rings. The van der Waals surface area contributed by atoms with Gasteiger partial charge in [0.25, 0.3) is 5.56 Å². The van der Waals surface area contributed by atoms with Gasteiger partial charge in [0.05, 0.1) is 11.2 Å². The molecule has 0 spiro atoms. The van der Waals surface area contributed by atoms with E-state index < -0.39 is 0 Å². The molecule has 0 atom stereocenters. The number of rotatable bonds is 4. The molecule has 23 heavy (non-hydrogen) atoms. The zero-order valence-corrected chi connectivity index (χ0v) is 13.2. The van der Waals surface area contributed by atoms with Gasteiger partial charge >= 0.3 is 0 Å². The van der Waals surface area contributed by atoms with Crippen molar-refractivity contribution in [3.05, 3.63) is 76.1 Å². The molecule has 0 amide bonds. The normalized spacial score (nSPS) is 10.7. The van der Waals surface area contributed by atoms with Crippen molar-refractivity contribution < 1.29 is 4.79 Å². The number of hydrogen-bond donors (Lipinski definition) is 1. The highest BCUT2D eigenvalue weighted by atomic mass is 16.1. The average Bonchev–Trinajstić information content (AvgIpc) is 2.57. The first-order chi connectivity index (χ1) is 11.1. The minimum atomic E-state index is -0.272. The van der Waals surface area contributed by atoms with Crippen LogP contribution in [0.15, 0.2) is 59.4 Å². The van der Waals surface area contributed by atoms with E-state index in [4.69, 9.17) is 0 Å². The monoisotopic (exact) mass is 306 g/mol. The molecular formula is C19H18N2O2. The lowest BCUT2D eigenvalue weighted by Gasteiger charge is -2.16. The van der Waals surface area contributed by atoms with Gasteiger partial charge in [-0.1, -0.05) is 48.5 Å². The van der Waals surface area contributed by atoms with E-state index in [1.54, 1.807) is 7.05 Å². The summed E-state index contributed by atoms with van der Waals surface area (Å²) in [4.78, 5) is 24.6. The van der Waals surface area contributed by atoms with Crippen molar-refractivity contribution in [2.24, 2.45) is 7.05 Å². The largest absolute Gasteiger partial charge is 0.380 e. The van der Waals surface area contributed by atoms with E-state index in [1.807, 2.05) is 54.6 Å². The van der Waals surface area contributed by atoms with Gasteiger partial charge < -0.3 is 9.88 Å². The van der Waals surface area contributed by atoms with Crippen molar-refractivity contribution in [1.29, 1.82) is 0 Å². The summed E-state index contributed by atoms with van der Waals surface area (Å²) in [5.41, 5.74) is 2.44. The van der Waals surface area contributed by atoms with Crippen LogP contribution in [0.3, 0.4) is 0 Å². The fraction of sp³-hybridized carbons (Fsp3) is 0.158. The third-order valence-electron chi connectivity index (χ3n) is 3.97. The molecule has 0 saturated heterocycles. The summed E-state index contributed by atoms with van der Waals surface area (Å²) in [6.07, 6.45) is 0. The molecule has 2 aromatic carbocycles. The van der Waals surface area contributed by atoms with Gasteiger partial charge in [-0.2, -0.15) is 0 Å². The molecule has 0 saturated carbocycles. The zero-order valence-electron chi connectivity index (χ0n) is 13.2. The van der Waals surface area contributed by atoms with Crippen molar-refractivity contribution in [2.45, 2.75) is 13.5 Å². The molecule has 3 rings (SSSR count). The van der Waals surface area contributed by atoms with Gasteiger partial charge in [-0.15, -0.1) is 0 Å². The fourth-order valence-corrected chi connectivity index (χ4v) is 2.79. The summed E-state index contributed by atoms with van der Waals surface area (Å²) >= 11 is 0. The Balaban J connectivity index is 2.17. The molecule has 0 bridgehead atoms.